The lowest BCUT2D eigenvalue weighted by atomic mass is 10.1. The third kappa shape index (κ3) is 5.67. The van der Waals surface area contributed by atoms with Gasteiger partial charge in [0.15, 0.2) is 0 Å². The quantitative estimate of drug-likeness (QED) is 0.671. The van der Waals surface area contributed by atoms with E-state index in [0.717, 1.165) is 12.1 Å². The number of nitrogens with one attached hydrogen (secondary N) is 1. The van der Waals surface area contributed by atoms with E-state index in [1.165, 1.54) is 13.0 Å². The van der Waals surface area contributed by atoms with Gasteiger partial charge in [-0.1, -0.05) is 11.6 Å². The number of benzene rings is 1. The number of ketones is 1. The zero-order valence-electron chi connectivity index (χ0n) is 12.5. The van der Waals surface area contributed by atoms with E-state index < -0.39 is 23.4 Å². The van der Waals surface area contributed by atoms with E-state index >= 15 is 0 Å². The number of aliphatic imine (C=N–C) groups is 1. The van der Waals surface area contributed by atoms with Gasteiger partial charge in [-0.05, 0) is 38.5 Å². The zero-order chi connectivity index (χ0) is 16.9. The molecule has 0 bridgehead atoms. The number of hydrogen-bond acceptors (Lipinski definition) is 3. The molecule has 0 aliphatic carbocycles. The van der Waals surface area contributed by atoms with Gasteiger partial charge in [-0.25, -0.2) is 0 Å². The van der Waals surface area contributed by atoms with Crippen molar-refractivity contribution in [2.24, 2.45) is 4.99 Å². The van der Waals surface area contributed by atoms with Crippen molar-refractivity contribution in [2.75, 3.05) is 6.54 Å². The number of halogens is 3. The molecular weight excluding hydrogens is 297 g/mol. The molecule has 0 atom stereocenters. The van der Waals surface area contributed by atoms with E-state index in [2.05, 4.69) is 10.3 Å². The van der Waals surface area contributed by atoms with Crippen LogP contribution < -0.4 is 5.32 Å². The second-order valence-corrected chi connectivity index (χ2v) is 5.07. The Balaban J connectivity index is 2.72. The van der Waals surface area contributed by atoms with Crippen molar-refractivity contribution in [2.45, 2.75) is 33.5 Å². The maximum absolute atomic E-state index is 12.7. The fourth-order valence-corrected chi connectivity index (χ4v) is 1.71. The van der Waals surface area contributed by atoms with Crippen LogP contribution in [0.15, 0.2) is 23.2 Å². The summed E-state index contributed by atoms with van der Waals surface area (Å²) in [4.78, 5) is 26.8. The molecule has 1 rings (SSSR count). The summed E-state index contributed by atoms with van der Waals surface area (Å²) in [5.41, 5.74) is 0.587. The normalized spacial score (nSPS) is 11.0. The molecular formula is C15H17F3N2O2. The second kappa shape index (κ2) is 7.20. The van der Waals surface area contributed by atoms with Crippen LogP contribution in [0.2, 0.25) is 0 Å². The summed E-state index contributed by atoms with van der Waals surface area (Å²) in [7, 11) is 0. The molecule has 0 aliphatic heterocycles. The van der Waals surface area contributed by atoms with Crippen molar-refractivity contribution in [1.82, 2.24) is 5.32 Å². The van der Waals surface area contributed by atoms with Crippen LogP contribution in [0.1, 0.15) is 30.5 Å². The van der Waals surface area contributed by atoms with E-state index in [9.17, 15) is 22.8 Å². The van der Waals surface area contributed by atoms with E-state index in [1.807, 2.05) is 0 Å². The first-order valence-electron chi connectivity index (χ1n) is 6.56. The van der Waals surface area contributed by atoms with Crippen molar-refractivity contribution in [3.63, 3.8) is 0 Å². The Labute approximate surface area is 126 Å². The van der Waals surface area contributed by atoms with Crippen molar-refractivity contribution < 1.29 is 22.8 Å². The van der Waals surface area contributed by atoms with Crippen molar-refractivity contribution in [1.29, 1.82) is 0 Å². The highest BCUT2D eigenvalue weighted by atomic mass is 19.4. The van der Waals surface area contributed by atoms with Crippen LogP contribution in [0.5, 0.6) is 0 Å². The number of amides is 1. The average molecular weight is 314 g/mol. The molecule has 0 saturated carbocycles. The van der Waals surface area contributed by atoms with Gasteiger partial charge < -0.3 is 5.32 Å². The Bertz CT molecular complexity index is 603. The van der Waals surface area contributed by atoms with Gasteiger partial charge in [0.1, 0.15) is 6.54 Å². The third-order valence-electron chi connectivity index (χ3n) is 2.71. The third-order valence-corrected chi connectivity index (χ3v) is 2.71. The Morgan fingerprint density at radius 1 is 1.18 bits per heavy atom. The second-order valence-electron chi connectivity index (χ2n) is 5.07. The van der Waals surface area contributed by atoms with Crippen LogP contribution in [0.25, 0.3) is 0 Å². The minimum Gasteiger partial charge on any atom is -0.345 e. The number of Topliss-reactive ketones (excluding diaryl/α,β-unsaturated/α-hetero) is 1. The fourth-order valence-electron chi connectivity index (χ4n) is 1.71. The number of rotatable bonds is 5. The lowest BCUT2D eigenvalue weighted by molar-refractivity contribution is -0.137. The van der Waals surface area contributed by atoms with E-state index in [1.54, 1.807) is 13.8 Å². The summed E-state index contributed by atoms with van der Waals surface area (Å²) >= 11 is 0. The van der Waals surface area contributed by atoms with Gasteiger partial charge in [0.25, 0.3) is 5.91 Å². The Morgan fingerprint density at radius 2 is 1.82 bits per heavy atom. The number of carbonyl (C=O) groups is 2. The molecule has 0 fully saturated rings. The first-order chi connectivity index (χ1) is 10.1. The summed E-state index contributed by atoms with van der Waals surface area (Å²) in [5.74, 6) is -1.59. The van der Waals surface area contributed by atoms with Gasteiger partial charge in [-0.3, -0.25) is 14.6 Å². The molecule has 1 N–H and O–H groups in total. The summed E-state index contributed by atoms with van der Waals surface area (Å²) in [5, 5.41) is 2.30. The van der Waals surface area contributed by atoms with Crippen molar-refractivity contribution >= 4 is 17.4 Å². The molecule has 1 aromatic carbocycles. The number of nitrogens with zero attached hydrogens (tertiary/aromatic N) is 1. The van der Waals surface area contributed by atoms with Gasteiger partial charge in [-0.2, -0.15) is 13.2 Å². The monoisotopic (exact) mass is 314 g/mol. The van der Waals surface area contributed by atoms with Crippen LogP contribution >= 0.6 is 0 Å². The van der Waals surface area contributed by atoms with E-state index in [0.29, 0.717) is 11.3 Å². The number of hydrogen-bond donors (Lipinski definition) is 1. The summed E-state index contributed by atoms with van der Waals surface area (Å²) in [6, 6.07) is 3.50. The zero-order valence-corrected chi connectivity index (χ0v) is 12.5. The summed E-state index contributed by atoms with van der Waals surface area (Å²) in [6.07, 6.45) is -4.45. The molecule has 1 amide bonds. The molecule has 0 saturated heterocycles. The van der Waals surface area contributed by atoms with Crippen LogP contribution in [-0.4, -0.2) is 23.9 Å². The molecule has 0 unspecified atom stereocenters. The minimum atomic E-state index is -4.45. The Hall–Kier alpha value is -2.18. The predicted octanol–water partition coefficient (Wildman–Crippen LogP) is 2.68. The fraction of sp³-hybridized carbons (Fsp3) is 0.400. The lowest BCUT2D eigenvalue weighted by Gasteiger charge is -2.11. The highest BCUT2D eigenvalue weighted by molar-refractivity contribution is 6.37. The lowest BCUT2D eigenvalue weighted by Crippen LogP contribution is -2.32. The SMILES string of the molecule is CC(C)=NCC(=O)C(=O)NCc1cc(C)cc(C(F)(F)F)c1. The average Bonchev–Trinajstić information content (AvgIpc) is 2.40. The number of aryl methyl sites for hydroxylation is 1. The van der Waals surface area contributed by atoms with Gasteiger partial charge in [0, 0.05) is 12.3 Å². The van der Waals surface area contributed by atoms with Gasteiger partial charge in [0.05, 0.1) is 5.56 Å². The molecule has 0 aromatic heterocycles. The van der Waals surface area contributed by atoms with Gasteiger partial charge >= 0.3 is 6.18 Å². The van der Waals surface area contributed by atoms with Crippen LogP contribution in [0.3, 0.4) is 0 Å². The molecule has 0 aliphatic rings. The smallest absolute Gasteiger partial charge is 0.345 e. The molecule has 1 aromatic rings. The standard InChI is InChI=1S/C15H17F3N2O2/c1-9(2)19-8-13(21)14(22)20-7-11-4-10(3)5-12(6-11)15(16,17)18/h4-6H,7-8H2,1-3H3,(H,20,22). The van der Waals surface area contributed by atoms with Gasteiger partial charge in [0.2, 0.25) is 5.78 Å². The molecule has 4 nitrogen and oxygen atoms in total. The Kier molecular flexibility index (Phi) is 5.84. The highest BCUT2D eigenvalue weighted by Gasteiger charge is 2.30. The van der Waals surface area contributed by atoms with Crippen LogP contribution in [0.4, 0.5) is 13.2 Å². The predicted molar refractivity (Wildman–Crippen MR) is 76.7 cm³/mol. The largest absolute Gasteiger partial charge is 0.416 e. The molecule has 0 spiro atoms. The number of alkyl halides is 3. The van der Waals surface area contributed by atoms with Crippen LogP contribution in [-0.2, 0) is 22.3 Å². The van der Waals surface area contributed by atoms with E-state index in [4.69, 9.17) is 0 Å². The topological polar surface area (TPSA) is 58.5 Å². The number of carbonyl (C=O) groups excluding carboxylic acids is 2. The maximum Gasteiger partial charge on any atom is 0.416 e. The molecule has 0 radical (unpaired) electrons. The highest BCUT2D eigenvalue weighted by Crippen LogP contribution is 2.30. The molecule has 7 heteroatoms. The molecule has 22 heavy (non-hydrogen) atoms. The Morgan fingerprint density at radius 3 is 2.36 bits per heavy atom. The van der Waals surface area contributed by atoms with Gasteiger partial charge in [-0.15, -0.1) is 0 Å². The maximum atomic E-state index is 12.7. The van der Waals surface area contributed by atoms with Crippen molar-refractivity contribution in [3.05, 3.63) is 34.9 Å². The minimum absolute atomic E-state index is 0.149. The first kappa shape index (κ1) is 17.9. The molecule has 0 heterocycles. The summed E-state index contributed by atoms with van der Waals surface area (Å²) in [6.45, 7) is 4.50. The van der Waals surface area contributed by atoms with E-state index in [-0.39, 0.29) is 18.7 Å². The molecule has 120 valence electrons. The van der Waals surface area contributed by atoms with Crippen LogP contribution in [0, 0.1) is 6.92 Å². The van der Waals surface area contributed by atoms with Crippen molar-refractivity contribution in [3.8, 4) is 0 Å². The summed E-state index contributed by atoms with van der Waals surface area (Å²) < 4.78 is 38.1. The first-order valence-corrected chi connectivity index (χ1v) is 6.56.